The Morgan fingerprint density at radius 2 is 1.95 bits per heavy atom. The standard InChI is InChI=1S/C12H21N3O4/c1-9-6-15(7-10(2)19-9)12(18)11(17)14(8-16)5-3-4-13/h8-10H,3-7,13H2,1-2H3. The second-order valence-corrected chi connectivity index (χ2v) is 4.71. The van der Waals surface area contributed by atoms with E-state index in [9.17, 15) is 14.4 Å². The van der Waals surface area contributed by atoms with E-state index in [1.807, 2.05) is 13.8 Å². The second-order valence-electron chi connectivity index (χ2n) is 4.71. The van der Waals surface area contributed by atoms with Crippen molar-refractivity contribution in [1.82, 2.24) is 9.80 Å². The van der Waals surface area contributed by atoms with Crippen LogP contribution in [0.4, 0.5) is 0 Å². The Hall–Kier alpha value is -1.47. The van der Waals surface area contributed by atoms with Gasteiger partial charge in [-0.3, -0.25) is 19.3 Å². The Bertz CT molecular complexity index is 338. The highest BCUT2D eigenvalue weighted by Gasteiger charge is 2.32. The number of ether oxygens (including phenoxy) is 1. The zero-order valence-electron chi connectivity index (χ0n) is 11.4. The van der Waals surface area contributed by atoms with Crippen molar-refractivity contribution in [1.29, 1.82) is 0 Å². The molecule has 0 spiro atoms. The van der Waals surface area contributed by atoms with Crippen LogP contribution in [-0.4, -0.2) is 66.4 Å². The minimum atomic E-state index is -0.801. The van der Waals surface area contributed by atoms with Crippen molar-refractivity contribution in [2.24, 2.45) is 5.73 Å². The molecule has 1 saturated heterocycles. The Morgan fingerprint density at radius 1 is 1.37 bits per heavy atom. The van der Waals surface area contributed by atoms with Gasteiger partial charge in [-0.25, -0.2) is 0 Å². The first-order valence-corrected chi connectivity index (χ1v) is 6.40. The fourth-order valence-corrected chi connectivity index (χ4v) is 2.07. The van der Waals surface area contributed by atoms with Gasteiger partial charge >= 0.3 is 11.8 Å². The number of nitrogens with zero attached hydrogens (tertiary/aromatic N) is 2. The van der Waals surface area contributed by atoms with Crippen molar-refractivity contribution >= 4 is 18.2 Å². The van der Waals surface area contributed by atoms with Crippen molar-refractivity contribution in [3.05, 3.63) is 0 Å². The first-order valence-electron chi connectivity index (χ1n) is 6.40. The van der Waals surface area contributed by atoms with E-state index in [-0.39, 0.29) is 18.8 Å². The summed E-state index contributed by atoms with van der Waals surface area (Å²) < 4.78 is 5.49. The van der Waals surface area contributed by atoms with E-state index in [2.05, 4.69) is 0 Å². The number of carbonyl (C=O) groups excluding carboxylic acids is 3. The molecule has 1 aliphatic rings. The minimum absolute atomic E-state index is 0.116. The zero-order chi connectivity index (χ0) is 14.4. The van der Waals surface area contributed by atoms with Gasteiger partial charge in [-0.2, -0.15) is 0 Å². The highest BCUT2D eigenvalue weighted by molar-refractivity contribution is 6.36. The average Bonchev–Trinajstić information content (AvgIpc) is 2.37. The van der Waals surface area contributed by atoms with Crippen LogP contribution in [0.5, 0.6) is 0 Å². The van der Waals surface area contributed by atoms with Gasteiger partial charge in [-0.05, 0) is 26.8 Å². The van der Waals surface area contributed by atoms with Crippen molar-refractivity contribution < 1.29 is 19.1 Å². The molecule has 0 aliphatic carbocycles. The lowest BCUT2D eigenvalue weighted by atomic mass is 10.2. The monoisotopic (exact) mass is 271 g/mol. The third-order valence-electron chi connectivity index (χ3n) is 2.88. The van der Waals surface area contributed by atoms with Gasteiger partial charge in [0.25, 0.3) is 0 Å². The Labute approximate surface area is 112 Å². The summed E-state index contributed by atoms with van der Waals surface area (Å²) in [5, 5.41) is 0. The lowest BCUT2D eigenvalue weighted by molar-refractivity contribution is -0.159. The molecule has 2 unspecified atom stereocenters. The normalized spacial score (nSPS) is 23.0. The smallest absolute Gasteiger partial charge is 0.318 e. The molecule has 0 aromatic heterocycles. The first kappa shape index (κ1) is 15.6. The number of nitrogens with two attached hydrogens (primary N) is 1. The molecule has 7 heteroatoms. The molecule has 1 fully saturated rings. The van der Waals surface area contributed by atoms with Gasteiger partial charge in [0, 0.05) is 19.6 Å². The molecular formula is C12H21N3O4. The Kier molecular flexibility index (Phi) is 5.91. The fraction of sp³-hybridized carbons (Fsp3) is 0.750. The van der Waals surface area contributed by atoms with Gasteiger partial charge in [-0.1, -0.05) is 0 Å². The summed E-state index contributed by atoms with van der Waals surface area (Å²) in [6.45, 7) is 4.92. The molecule has 1 aliphatic heterocycles. The van der Waals surface area contributed by atoms with Crippen LogP contribution in [0.2, 0.25) is 0 Å². The Balaban J connectivity index is 2.64. The van der Waals surface area contributed by atoms with Crippen LogP contribution in [0.3, 0.4) is 0 Å². The molecule has 0 aromatic carbocycles. The van der Waals surface area contributed by atoms with E-state index in [0.717, 1.165) is 4.90 Å². The molecule has 0 radical (unpaired) electrons. The predicted molar refractivity (Wildman–Crippen MR) is 68.0 cm³/mol. The number of imide groups is 1. The maximum atomic E-state index is 12.0. The molecule has 3 amide bonds. The molecule has 0 saturated carbocycles. The molecule has 1 heterocycles. The van der Waals surface area contributed by atoms with E-state index in [4.69, 9.17) is 10.5 Å². The van der Waals surface area contributed by atoms with Crippen LogP contribution in [0.15, 0.2) is 0 Å². The molecule has 19 heavy (non-hydrogen) atoms. The SMILES string of the molecule is CC1CN(C(=O)C(=O)N(C=O)CCCN)CC(C)O1. The maximum absolute atomic E-state index is 12.0. The van der Waals surface area contributed by atoms with Gasteiger partial charge < -0.3 is 15.4 Å². The summed E-state index contributed by atoms with van der Waals surface area (Å²) in [4.78, 5) is 37.1. The van der Waals surface area contributed by atoms with Crippen LogP contribution in [-0.2, 0) is 19.1 Å². The molecule has 1 rings (SSSR count). The van der Waals surface area contributed by atoms with Crippen molar-refractivity contribution in [2.45, 2.75) is 32.5 Å². The molecule has 0 aromatic rings. The van der Waals surface area contributed by atoms with Crippen LogP contribution < -0.4 is 5.73 Å². The molecule has 0 bridgehead atoms. The fourth-order valence-electron chi connectivity index (χ4n) is 2.07. The summed E-state index contributed by atoms with van der Waals surface area (Å²) in [7, 11) is 0. The zero-order valence-corrected chi connectivity index (χ0v) is 11.4. The van der Waals surface area contributed by atoms with Gasteiger partial charge in [0.05, 0.1) is 12.2 Å². The quantitative estimate of drug-likeness (QED) is 0.520. The van der Waals surface area contributed by atoms with Crippen molar-refractivity contribution in [2.75, 3.05) is 26.2 Å². The number of carbonyl (C=O) groups is 3. The number of rotatable bonds is 4. The number of hydrogen-bond acceptors (Lipinski definition) is 5. The molecule has 2 atom stereocenters. The number of hydrogen-bond donors (Lipinski definition) is 1. The van der Waals surface area contributed by atoms with Crippen LogP contribution in [0.1, 0.15) is 20.3 Å². The maximum Gasteiger partial charge on any atom is 0.318 e. The second kappa shape index (κ2) is 7.20. The summed E-state index contributed by atoms with van der Waals surface area (Å²) in [6.07, 6.45) is 0.625. The van der Waals surface area contributed by atoms with E-state index in [1.54, 1.807) is 0 Å². The topological polar surface area (TPSA) is 92.9 Å². The molecular weight excluding hydrogens is 250 g/mol. The van der Waals surface area contributed by atoms with E-state index in [0.29, 0.717) is 32.5 Å². The Morgan fingerprint density at radius 3 is 2.42 bits per heavy atom. The van der Waals surface area contributed by atoms with Gasteiger partial charge in [-0.15, -0.1) is 0 Å². The average molecular weight is 271 g/mol. The first-order chi connectivity index (χ1) is 8.99. The lowest BCUT2D eigenvalue weighted by Gasteiger charge is -2.35. The highest BCUT2D eigenvalue weighted by atomic mass is 16.5. The lowest BCUT2D eigenvalue weighted by Crippen LogP contribution is -2.53. The van der Waals surface area contributed by atoms with Gasteiger partial charge in [0.2, 0.25) is 6.41 Å². The van der Waals surface area contributed by atoms with Crippen LogP contribution in [0.25, 0.3) is 0 Å². The van der Waals surface area contributed by atoms with Gasteiger partial charge in [0.15, 0.2) is 0 Å². The third kappa shape index (κ3) is 4.29. The van der Waals surface area contributed by atoms with Crippen LogP contribution in [0, 0.1) is 0 Å². The number of amides is 3. The summed E-state index contributed by atoms with van der Waals surface area (Å²) in [6, 6.07) is 0. The van der Waals surface area contributed by atoms with Crippen LogP contribution >= 0.6 is 0 Å². The summed E-state index contributed by atoms with van der Waals surface area (Å²) in [5.41, 5.74) is 5.32. The van der Waals surface area contributed by atoms with Gasteiger partial charge in [0.1, 0.15) is 0 Å². The van der Waals surface area contributed by atoms with Crippen molar-refractivity contribution in [3.8, 4) is 0 Å². The predicted octanol–water partition coefficient (Wildman–Crippen LogP) is -1.04. The third-order valence-corrected chi connectivity index (χ3v) is 2.88. The molecule has 2 N–H and O–H groups in total. The summed E-state index contributed by atoms with van der Waals surface area (Å²) >= 11 is 0. The largest absolute Gasteiger partial charge is 0.372 e. The minimum Gasteiger partial charge on any atom is -0.372 e. The molecule has 108 valence electrons. The van der Waals surface area contributed by atoms with E-state index in [1.165, 1.54) is 4.90 Å². The molecule has 7 nitrogen and oxygen atoms in total. The van der Waals surface area contributed by atoms with Crippen molar-refractivity contribution in [3.63, 3.8) is 0 Å². The van der Waals surface area contributed by atoms with E-state index < -0.39 is 11.8 Å². The van der Waals surface area contributed by atoms with E-state index >= 15 is 0 Å². The summed E-state index contributed by atoms with van der Waals surface area (Å²) in [5.74, 6) is -1.46. The number of morpholine rings is 1. The highest BCUT2D eigenvalue weighted by Crippen LogP contribution is 2.11.